The molecule has 2 aliphatic heterocycles. The largest absolute Gasteiger partial charge is 0.496 e. The SMILES string of the molecule is CCN1CC[C@H](n2c(=O)c3c(C)c(-n4nccn4)sc3n(C[C@H](OC3CCOCC3)c3cc(F)ccc3OC)c2=O)C1=O. The Kier molecular flexibility index (Phi) is 8.16. The van der Waals surface area contributed by atoms with Crippen LogP contribution >= 0.6 is 11.3 Å². The van der Waals surface area contributed by atoms with Crippen LogP contribution in [0.3, 0.4) is 0 Å². The third-order valence-electron chi connectivity index (χ3n) is 8.19. The number of likely N-dealkylation sites (N-methyl/N-ethyl adjacent to an activating group) is 1. The maximum absolute atomic E-state index is 14.6. The van der Waals surface area contributed by atoms with Gasteiger partial charge in [-0.15, -0.1) is 4.80 Å². The Balaban J connectivity index is 1.56. The van der Waals surface area contributed by atoms with Crippen LogP contribution in [0.2, 0.25) is 0 Å². The first kappa shape index (κ1) is 29.2. The van der Waals surface area contributed by atoms with Crippen LogP contribution < -0.4 is 16.0 Å². The summed E-state index contributed by atoms with van der Waals surface area (Å²) in [5, 5.41) is 9.35. The Morgan fingerprint density at radius 3 is 2.56 bits per heavy atom. The molecule has 0 spiro atoms. The third kappa shape index (κ3) is 5.27. The van der Waals surface area contributed by atoms with Gasteiger partial charge in [0.15, 0.2) is 0 Å². The Hall–Kier alpha value is -3.88. The Morgan fingerprint density at radius 1 is 1.14 bits per heavy atom. The maximum Gasteiger partial charge on any atom is 0.332 e. The van der Waals surface area contributed by atoms with Crippen molar-refractivity contribution in [3.63, 3.8) is 0 Å². The normalized spacial score (nSPS) is 18.6. The van der Waals surface area contributed by atoms with Crippen molar-refractivity contribution >= 4 is 27.5 Å². The zero-order valence-corrected chi connectivity index (χ0v) is 25.0. The first-order chi connectivity index (χ1) is 20.8. The molecule has 0 radical (unpaired) electrons. The Morgan fingerprint density at radius 2 is 1.88 bits per heavy atom. The van der Waals surface area contributed by atoms with E-state index in [1.807, 2.05) is 6.92 Å². The van der Waals surface area contributed by atoms with Gasteiger partial charge in [0, 0.05) is 37.4 Å². The van der Waals surface area contributed by atoms with Crippen LogP contribution in [0.25, 0.3) is 15.2 Å². The summed E-state index contributed by atoms with van der Waals surface area (Å²) < 4.78 is 34.8. The average Bonchev–Trinajstić information content (AvgIpc) is 3.75. The number of nitrogens with zero attached hydrogens (tertiary/aromatic N) is 6. The van der Waals surface area contributed by atoms with Crippen molar-refractivity contribution in [2.24, 2.45) is 0 Å². The van der Waals surface area contributed by atoms with Crippen LogP contribution in [0.5, 0.6) is 5.75 Å². The average molecular weight is 613 g/mol. The van der Waals surface area contributed by atoms with E-state index < -0.39 is 29.2 Å². The molecule has 228 valence electrons. The van der Waals surface area contributed by atoms with Crippen LogP contribution in [0.15, 0.2) is 40.2 Å². The minimum atomic E-state index is -0.931. The lowest BCUT2D eigenvalue weighted by Gasteiger charge is -2.29. The molecule has 2 atom stereocenters. The molecule has 12 nitrogen and oxygen atoms in total. The summed E-state index contributed by atoms with van der Waals surface area (Å²) in [6.07, 6.45) is 3.64. The molecule has 5 heterocycles. The van der Waals surface area contributed by atoms with E-state index in [-0.39, 0.29) is 18.6 Å². The standard InChI is InChI=1S/C29H33FN6O6S/c1-4-33-12-7-21(25(33)37)35-26(38)24-17(2)27(36-31-10-11-32-36)43-28(24)34(29(35)39)16-23(42-19-8-13-41-14-9-19)20-15-18(30)5-6-22(20)40-3/h5-6,10-11,15,19,21,23H,4,7-9,12-14,16H2,1-3H3/t21-,23-/m0/s1. The molecule has 43 heavy (non-hydrogen) atoms. The van der Waals surface area contributed by atoms with Gasteiger partial charge in [-0.1, -0.05) is 11.3 Å². The van der Waals surface area contributed by atoms with Crippen molar-refractivity contribution < 1.29 is 23.4 Å². The summed E-state index contributed by atoms with van der Waals surface area (Å²) in [6, 6.07) is 3.24. The van der Waals surface area contributed by atoms with Crippen LogP contribution in [0.1, 0.15) is 49.5 Å². The molecule has 2 aliphatic rings. The number of benzene rings is 1. The number of likely N-dealkylation sites (tertiary alicyclic amines) is 1. The van der Waals surface area contributed by atoms with Crippen LogP contribution in [-0.4, -0.2) is 74.5 Å². The molecule has 2 fully saturated rings. The van der Waals surface area contributed by atoms with E-state index in [0.29, 0.717) is 77.7 Å². The summed E-state index contributed by atoms with van der Waals surface area (Å²) >= 11 is 1.20. The summed E-state index contributed by atoms with van der Waals surface area (Å²) in [7, 11) is 1.49. The summed E-state index contributed by atoms with van der Waals surface area (Å²) in [5.74, 6) is -0.338. The van der Waals surface area contributed by atoms with Gasteiger partial charge in [0.1, 0.15) is 33.5 Å². The Labute approximate surface area is 250 Å². The van der Waals surface area contributed by atoms with Crippen molar-refractivity contribution in [3.05, 3.63) is 68.4 Å². The smallest absolute Gasteiger partial charge is 0.332 e. The molecule has 4 aromatic rings. The number of hydrogen-bond donors (Lipinski definition) is 0. The zero-order chi connectivity index (χ0) is 30.2. The highest BCUT2D eigenvalue weighted by molar-refractivity contribution is 7.21. The molecule has 0 bridgehead atoms. The zero-order valence-electron chi connectivity index (χ0n) is 24.2. The van der Waals surface area contributed by atoms with Crippen molar-refractivity contribution in [1.29, 1.82) is 0 Å². The number of halogens is 1. The number of fused-ring (bicyclic) bond motifs is 1. The highest BCUT2D eigenvalue weighted by Gasteiger charge is 2.36. The van der Waals surface area contributed by atoms with Crippen LogP contribution in [-0.2, 0) is 20.8 Å². The summed E-state index contributed by atoms with van der Waals surface area (Å²) in [6.45, 7) is 5.55. The van der Waals surface area contributed by atoms with Crippen molar-refractivity contribution in [3.8, 4) is 10.8 Å². The van der Waals surface area contributed by atoms with E-state index in [1.165, 1.54) is 58.4 Å². The molecule has 0 unspecified atom stereocenters. The number of ether oxygens (including phenoxy) is 3. The number of hydrogen-bond acceptors (Lipinski definition) is 9. The Bertz CT molecular complexity index is 1760. The van der Waals surface area contributed by atoms with Gasteiger partial charge >= 0.3 is 5.69 Å². The molecule has 0 aliphatic carbocycles. The quantitative estimate of drug-likeness (QED) is 0.283. The predicted molar refractivity (Wildman–Crippen MR) is 157 cm³/mol. The number of aryl methyl sites for hydroxylation is 1. The van der Waals surface area contributed by atoms with E-state index in [2.05, 4.69) is 10.2 Å². The first-order valence-electron chi connectivity index (χ1n) is 14.3. The lowest BCUT2D eigenvalue weighted by Crippen LogP contribution is -2.45. The summed E-state index contributed by atoms with van der Waals surface area (Å²) in [5.41, 5.74) is -0.147. The molecule has 3 aromatic heterocycles. The molecule has 1 amide bonds. The molecular formula is C29H33FN6O6S. The van der Waals surface area contributed by atoms with Gasteiger partial charge < -0.3 is 19.1 Å². The lowest BCUT2D eigenvalue weighted by molar-refractivity contribution is -0.130. The minimum absolute atomic E-state index is 0.0584. The van der Waals surface area contributed by atoms with E-state index >= 15 is 0 Å². The maximum atomic E-state index is 14.6. The van der Waals surface area contributed by atoms with Gasteiger partial charge in [-0.25, -0.2) is 13.8 Å². The van der Waals surface area contributed by atoms with Gasteiger partial charge in [-0.3, -0.25) is 14.2 Å². The number of carbonyl (C=O) groups is 1. The molecule has 6 rings (SSSR count). The van der Waals surface area contributed by atoms with Crippen LogP contribution in [0.4, 0.5) is 4.39 Å². The van der Waals surface area contributed by atoms with Crippen molar-refractivity contribution in [2.45, 2.75) is 57.9 Å². The minimum Gasteiger partial charge on any atom is -0.496 e. The van der Waals surface area contributed by atoms with E-state index in [9.17, 15) is 18.8 Å². The monoisotopic (exact) mass is 612 g/mol. The van der Waals surface area contributed by atoms with E-state index in [0.717, 1.165) is 4.57 Å². The number of carbonyl (C=O) groups excluding carboxylic acids is 1. The first-order valence-corrected chi connectivity index (χ1v) is 15.1. The van der Waals surface area contributed by atoms with Crippen molar-refractivity contribution in [2.75, 3.05) is 33.4 Å². The number of amides is 1. The highest BCUT2D eigenvalue weighted by atomic mass is 32.1. The van der Waals surface area contributed by atoms with Crippen LogP contribution in [0, 0.1) is 12.7 Å². The third-order valence-corrected chi connectivity index (χ3v) is 9.47. The second-order valence-electron chi connectivity index (χ2n) is 10.6. The van der Waals surface area contributed by atoms with Gasteiger partial charge in [0.2, 0.25) is 5.91 Å². The molecule has 2 saturated heterocycles. The second-order valence-corrected chi connectivity index (χ2v) is 11.6. The van der Waals surface area contributed by atoms with Crippen molar-refractivity contribution in [1.82, 2.24) is 29.0 Å². The number of aromatic nitrogens is 5. The second kappa shape index (κ2) is 12.0. The number of thiophene rings is 1. The highest BCUT2D eigenvalue weighted by Crippen LogP contribution is 2.35. The number of rotatable bonds is 9. The number of methoxy groups -OCH3 is 1. The van der Waals surface area contributed by atoms with Gasteiger partial charge in [-0.05, 0) is 51.3 Å². The fourth-order valence-corrected chi connectivity index (χ4v) is 7.18. The molecular weight excluding hydrogens is 579 g/mol. The van der Waals surface area contributed by atoms with Gasteiger partial charge in [0.05, 0.1) is 37.5 Å². The fourth-order valence-electron chi connectivity index (χ4n) is 5.96. The van der Waals surface area contributed by atoms with Gasteiger partial charge in [-0.2, -0.15) is 10.2 Å². The molecule has 1 aromatic carbocycles. The topological polar surface area (TPSA) is 123 Å². The molecule has 0 N–H and O–H groups in total. The predicted octanol–water partition coefficient (Wildman–Crippen LogP) is 2.99. The van der Waals surface area contributed by atoms with E-state index in [4.69, 9.17) is 14.2 Å². The fraction of sp³-hybridized carbons (Fsp3) is 0.483. The molecule has 14 heteroatoms. The van der Waals surface area contributed by atoms with Gasteiger partial charge in [0.25, 0.3) is 5.56 Å². The summed E-state index contributed by atoms with van der Waals surface area (Å²) in [4.78, 5) is 45.2. The van der Waals surface area contributed by atoms with E-state index in [1.54, 1.807) is 11.8 Å². The lowest BCUT2D eigenvalue weighted by atomic mass is 10.1. The molecule has 0 saturated carbocycles.